The number of anilines is 1. The summed E-state index contributed by atoms with van der Waals surface area (Å²) in [6.45, 7) is 4.21. The van der Waals surface area contributed by atoms with E-state index in [1.807, 2.05) is 54.7 Å². The van der Waals surface area contributed by atoms with Gasteiger partial charge in [-0.05, 0) is 80.2 Å². The third-order valence-electron chi connectivity index (χ3n) is 6.07. The summed E-state index contributed by atoms with van der Waals surface area (Å²) < 4.78 is 2.17. The van der Waals surface area contributed by atoms with Gasteiger partial charge in [0.25, 0.3) is 0 Å². The molecule has 1 N–H and O–H groups in total. The maximum atomic E-state index is 6.59. The fourth-order valence-corrected chi connectivity index (χ4v) is 5.50. The number of benzene rings is 2. The quantitative estimate of drug-likeness (QED) is 0.311. The molecule has 0 amide bonds. The number of rotatable bonds is 4. The molecule has 2 aromatic heterocycles. The molecule has 3 heterocycles. The number of halogens is 2. The molecule has 4 nitrogen and oxygen atoms in total. The van der Waals surface area contributed by atoms with E-state index in [9.17, 15) is 0 Å². The van der Waals surface area contributed by atoms with Crippen LogP contribution < -0.4 is 10.2 Å². The van der Waals surface area contributed by atoms with Gasteiger partial charge in [0.2, 0.25) is 0 Å². The van der Waals surface area contributed by atoms with Crippen molar-refractivity contribution in [1.82, 2.24) is 14.9 Å². The molecule has 166 valence electrons. The van der Waals surface area contributed by atoms with Gasteiger partial charge in [0, 0.05) is 28.3 Å². The van der Waals surface area contributed by atoms with Crippen molar-refractivity contribution in [3.63, 3.8) is 0 Å². The van der Waals surface area contributed by atoms with E-state index in [0.717, 1.165) is 34.0 Å². The molecule has 1 aliphatic rings. The zero-order valence-electron chi connectivity index (χ0n) is 18.2. The second-order valence-electron chi connectivity index (χ2n) is 8.09. The highest BCUT2D eigenvalue weighted by atomic mass is 35.5. The number of nitrogens with one attached hydrogen (secondary N) is 1. The first-order valence-corrected chi connectivity index (χ1v) is 11.8. The summed E-state index contributed by atoms with van der Waals surface area (Å²) in [5.41, 5.74) is 6.21. The first-order valence-electron chi connectivity index (χ1n) is 10.7. The SMILES string of the molecule is Cc1cc(C2C(c3ccccn3)NC(=S)N2c2ccccc2)c(C)n1-c1ccc(Cl)cc1Cl. The highest BCUT2D eigenvalue weighted by Gasteiger charge is 2.42. The smallest absolute Gasteiger partial charge is 0.174 e. The summed E-state index contributed by atoms with van der Waals surface area (Å²) in [5.74, 6) is 0. The van der Waals surface area contributed by atoms with Gasteiger partial charge in [-0.25, -0.2) is 0 Å². The molecule has 1 saturated heterocycles. The van der Waals surface area contributed by atoms with Crippen LogP contribution in [0.5, 0.6) is 0 Å². The predicted octanol–water partition coefficient (Wildman–Crippen LogP) is 6.97. The first kappa shape index (κ1) is 22.0. The lowest BCUT2D eigenvalue weighted by molar-refractivity contribution is 0.565. The highest BCUT2D eigenvalue weighted by molar-refractivity contribution is 7.80. The molecule has 0 bridgehead atoms. The molecule has 7 heteroatoms. The van der Waals surface area contributed by atoms with Crippen molar-refractivity contribution in [3.8, 4) is 5.69 Å². The van der Waals surface area contributed by atoms with Crippen LogP contribution in [-0.4, -0.2) is 14.7 Å². The van der Waals surface area contributed by atoms with Crippen LogP contribution >= 0.6 is 35.4 Å². The Bertz CT molecular complexity index is 1320. The third kappa shape index (κ3) is 3.90. The number of pyridine rings is 1. The number of para-hydroxylation sites is 1. The van der Waals surface area contributed by atoms with E-state index in [1.165, 1.54) is 0 Å². The van der Waals surface area contributed by atoms with Crippen LogP contribution in [-0.2, 0) is 0 Å². The van der Waals surface area contributed by atoms with Crippen LogP contribution in [0.25, 0.3) is 5.69 Å². The third-order valence-corrected chi connectivity index (χ3v) is 6.92. The highest BCUT2D eigenvalue weighted by Crippen LogP contribution is 2.44. The van der Waals surface area contributed by atoms with Gasteiger partial charge in [0.05, 0.1) is 28.5 Å². The predicted molar refractivity (Wildman–Crippen MR) is 140 cm³/mol. The Labute approximate surface area is 208 Å². The van der Waals surface area contributed by atoms with Crippen molar-refractivity contribution in [1.29, 1.82) is 0 Å². The summed E-state index contributed by atoms with van der Waals surface area (Å²) in [4.78, 5) is 6.83. The van der Waals surface area contributed by atoms with Crippen LogP contribution in [0.4, 0.5) is 5.69 Å². The molecule has 0 radical (unpaired) electrons. The molecule has 0 saturated carbocycles. The topological polar surface area (TPSA) is 33.1 Å². The lowest BCUT2D eigenvalue weighted by Crippen LogP contribution is -2.29. The van der Waals surface area contributed by atoms with Gasteiger partial charge in [-0.3, -0.25) is 4.98 Å². The van der Waals surface area contributed by atoms with Gasteiger partial charge < -0.3 is 14.8 Å². The monoisotopic (exact) mass is 492 g/mol. The number of aromatic nitrogens is 2. The van der Waals surface area contributed by atoms with Crippen LogP contribution in [0.2, 0.25) is 10.0 Å². The molecule has 4 aromatic rings. The Balaban J connectivity index is 1.69. The molecule has 2 atom stereocenters. The first-order chi connectivity index (χ1) is 16.0. The minimum absolute atomic E-state index is 0.0826. The second-order valence-corrected chi connectivity index (χ2v) is 9.32. The maximum absolute atomic E-state index is 6.59. The number of thiocarbonyl (C=S) groups is 1. The number of hydrogen-bond donors (Lipinski definition) is 1. The van der Waals surface area contributed by atoms with Gasteiger partial charge in [-0.1, -0.05) is 47.5 Å². The Morgan fingerprint density at radius 2 is 1.70 bits per heavy atom. The Kier molecular flexibility index (Phi) is 5.87. The van der Waals surface area contributed by atoms with Gasteiger partial charge in [-0.2, -0.15) is 0 Å². The zero-order chi connectivity index (χ0) is 23.1. The summed E-state index contributed by atoms with van der Waals surface area (Å²) in [7, 11) is 0. The molecule has 1 aliphatic heterocycles. The Morgan fingerprint density at radius 1 is 0.939 bits per heavy atom. The molecule has 1 fully saturated rings. The van der Waals surface area contributed by atoms with E-state index >= 15 is 0 Å². The number of nitrogens with zero attached hydrogens (tertiary/aromatic N) is 3. The van der Waals surface area contributed by atoms with Crippen LogP contribution in [0.3, 0.4) is 0 Å². The number of aryl methyl sites for hydroxylation is 1. The van der Waals surface area contributed by atoms with Crippen molar-refractivity contribution in [2.45, 2.75) is 25.9 Å². The minimum atomic E-state index is -0.103. The molecule has 2 aromatic carbocycles. The Hall–Kier alpha value is -2.86. The van der Waals surface area contributed by atoms with E-state index in [-0.39, 0.29) is 12.1 Å². The fourth-order valence-electron chi connectivity index (χ4n) is 4.66. The van der Waals surface area contributed by atoms with Crippen LogP contribution in [0, 0.1) is 13.8 Å². The van der Waals surface area contributed by atoms with Crippen molar-refractivity contribution >= 4 is 46.2 Å². The molecule has 0 aliphatic carbocycles. The van der Waals surface area contributed by atoms with E-state index in [2.05, 4.69) is 51.8 Å². The van der Waals surface area contributed by atoms with Crippen molar-refractivity contribution in [3.05, 3.63) is 112 Å². The molecular formula is C26H22Cl2N4S. The fraction of sp³-hybridized carbons (Fsp3) is 0.154. The summed E-state index contributed by atoms with van der Waals surface area (Å²) in [6, 6.07) is 23.8. The van der Waals surface area contributed by atoms with Crippen LogP contribution in [0.1, 0.15) is 34.7 Å². The largest absolute Gasteiger partial charge is 0.351 e. The lowest BCUT2D eigenvalue weighted by atomic mass is 9.96. The second kappa shape index (κ2) is 8.82. The standard InChI is InChI=1S/C26H22Cl2N4S/c1-16-14-20(17(2)31(16)23-12-11-18(27)15-21(23)28)25-24(22-10-6-7-13-29-22)30-26(33)32(25)19-8-4-3-5-9-19/h3-15,24-25H,1-2H3,(H,30,33). The molecule has 0 spiro atoms. The number of hydrogen-bond acceptors (Lipinski definition) is 2. The van der Waals surface area contributed by atoms with E-state index in [0.29, 0.717) is 15.2 Å². The molecule has 2 unspecified atom stereocenters. The van der Waals surface area contributed by atoms with E-state index < -0.39 is 0 Å². The molecule has 5 rings (SSSR count). The van der Waals surface area contributed by atoms with Gasteiger partial charge in [0.15, 0.2) is 5.11 Å². The summed E-state index contributed by atoms with van der Waals surface area (Å²) in [6.07, 6.45) is 1.82. The van der Waals surface area contributed by atoms with Gasteiger partial charge in [-0.15, -0.1) is 0 Å². The van der Waals surface area contributed by atoms with Crippen molar-refractivity contribution in [2.75, 3.05) is 4.90 Å². The van der Waals surface area contributed by atoms with Gasteiger partial charge >= 0.3 is 0 Å². The van der Waals surface area contributed by atoms with Crippen molar-refractivity contribution in [2.24, 2.45) is 0 Å². The van der Waals surface area contributed by atoms with Crippen molar-refractivity contribution < 1.29 is 0 Å². The van der Waals surface area contributed by atoms with E-state index in [4.69, 9.17) is 35.4 Å². The molecular weight excluding hydrogens is 471 g/mol. The van der Waals surface area contributed by atoms with E-state index in [1.54, 1.807) is 6.07 Å². The zero-order valence-corrected chi connectivity index (χ0v) is 20.5. The summed E-state index contributed by atoms with van der Waals surface area (Å²) in [5, 5.41) is 5.42. The minimum Gasteiger partial charge on any atom is -0.351 e. The maximum Gasteiger partial charge on any atom is 0.174 e. The normalized spacial score (nSPS) is 17.9. The average Bonchev–Trinajstić information content (AvgIpc) is 3.31. The average molecular weight is 493 g/mol. The summed E-state index contributed by atoms with van der Waals surface area (Å²) >= 11 is 18.6. The molecule has 33 heavy (non-hydrogen) atoms. The Morgan fingerprint density at radius 3 is 2.39 bits per heavy atom. The van der Waals surface area contributed by atoms with Crippen LogP contribution in [0.15, 0.2) is 79.0 Å². The lowest BCUT2D eigenvalue weighted by Gasteiger charge is -2.28. The van der Waals surface area contributed by atoms with Gasteiger partial charge in [0.1, 0.15) is 0 Å².